The molecule has 1 aliphatic heterocycles. The highest BCUT2D eigenvalue weighted by Gasteiger charge is 2.52. The summed E-state index contributed by atoms with van der Waals surface area (Å²) in [5, 5.41) is 9.12. The first-order valence-electron chi connectivity index (χ1n) is 5.60. The molecule has 1 aromatic heterocycles. The van der Waals surface area contributed by atoms with E-state index in [1.54, 1.807) is 18.1 Å². The van der Waals surface area contributed by atoms with Crippen LogP contribution in [0.5, 0.6) is 0 Å². The number of nitrogens with zero attached hydrogens (tertiary/aromatic N) is 4. The van der Waals surface area contributed by atoms with E-state index >= 15 is 0 Å². The Morgan fingerprint density at radius 1 is 1.53 bits per heavy atom. The molecule has 1 aromatic rings. The van der Waals surface area contributed by atoms with Gasteiger partial charge in [0.25, 0.3) is 5.91 Å². The summed E-state index contributed by atoms with van der Waals surface area (Å²) in [5.74, 6) is -0.782. The monoisotopic (exact) mass is 237 g/mol. The number of Topliss-reactive ketones (excluding diaryl/α,β-unsaturated/α-hetero) is 1. The third kappa shape index (κ3) is 1.58. The number of carbonyl (C=O) groups excluding carboxylic acids is 2. The molecule has 1 saturated heterocycles. The topological polar surface area (TPSA) is 94.1 Å². The first-order valence-corrected chi connectivity index (χ1v) is 5.60. The highest BCUT2D eigenvalue weighted by Crippen LogP contribution is 2.29. The molecule has 0 radical (unpaired) electrons. The van der Waals surface area contributed by atoms with Gasteiger partial charge >= 0.3 is 0 Å². The molecule has 17 heavy (non-hydrogen) atoms. The van der Waals surface area contributed by atoms with Gasteiger partial charge in [0, 0.05) is 13.0 Å². The molecule has 2 rings (SSSR count). The van der Waals surface area contributed by atoms with Gasteiger partial charge in [0.15, 0.2) is 11.3 Å². The van der Waals surface area contributed by atoms with Crippen molar-refractivity contribution in [2.24, 2.45) is 5.73 Å². The fourth-order valence-electron chi connectivity index (χ4n) is 2.38. The lowest BCUT2D eigenvalue weighted by Gasteiger charge is -2.34. The van der Waals surface area contributed by atoms with Gasteiger partial charge in [-0.3, -0.25) is 14.6 Å². The van der Waals surface area contributed by atoms with Crippen LogP contribution in [-0.2, 0) is 9.59 Å². The van der Waals surface area contributed by atoms with Gasteiger partial charge in [-0.1, -0.05) is 6.92 Å². The van der Waals surface area contributed by atoms with E-state index in [4.69, 9.17) is 5.73 Å². The minimum absolute atomic E-state index is 0.169. The third-order valence-corrected chi connectivity index (χ3v) is 3.20. The molecule has 7 nitrogen and oxygen atoms in total. The van der Waals surface area contributed by atoms with Crippen molar-refractivity contribution in [3.63, 3.8) is 0 Å². The van der Waals surface area contributed by atoms with E-state index in [-0.39, 0.29) is 12.2 Å². The zero-order valence-electron chi connectivity index (χ0n) is 9.67. The second kappa shape index (κ2) is 4.15. The van der Waals surface area contributed by atoms with Gasteiger partial charge in [-0.25, -0.2) is 0 Å². The van der Waals surface area contributed by atoms with E-state index in [2.05, 4.69) is 10.3 Å². The smallest absolute Gasteiger partial charge is 0.252 e. The highest BCUT2D eigenvalue weighted by molar-refractivity contribution is 6.12. The Morgan fingerprint density at radius 2 is 2.29 bits per heavy atom. The Kier molecular flexibility index (Phi) is 2.83. The van der Waals surface area contributed by atoms with Crippen LogP contribution in [0.3, 0.4) is 0 Å². The van der Waals surface area contributed by atoms with Crippen LogP contribution in [0.2, 0.25) is 0 Å². The van der Waals surface area contributed by atoms with Crippen molar-refractivity contribution in [2.45, 2.75) is 31.7 Å². The number of amides is 1. The van der Waals surface area contributed by atoms with E-state index in [1.165, 1.54) is 11.0 Å². The number of aromatic nitrogens is 3. The highest BCUT2D eigenvalue weighted by atomic mass is 16.2. The molecule has 2 N–H and O–H groups in total. The first kappa shape index (κ1) is 11.6. The summed E-state index contributed by atoms with van der Waals surface area (Å²) in [6.45, 7) is 2.29. The molecule has 0 bridgehead atoms. The second-order valence-corrected chi connectivity index (χ2v) is 4.05. The SMILES string of the molecule is CCC(=O)C1(C(N)=O)CCCN1n1ccnn1. The summed E-state index contributed by atoms with van der Waals surface area (Å²) in [4.78, 5) is 25.2. The standard InChI is InChI=1S/C10H15N5O2/c1-2-8(16)10(9(11)17)4-3-6-14(10)15-7-5-12-13-15/h5,7H,2-4,6H2,1H3,(H2,11,17). The molecule has 0 spiro atoms. The molecule has 0 aromatic carbocycles. The average Bonchev–Trinajstić information content (AvgIpc) is 2.96. The number of rotatable bonds is 4. The zero-order valence-corrected chi connectivity index (χ0v) is 9.67. The Morgan fingerprint density at radius 3 is 2.82 bits per heavy atom. The molecule has 1 amide bonds. The van der Waals surface area contributed by atoms with Crippen molar-refractivity contribution < 1.29 is 9.59 Å². The molecule has 1 fully saturated rings. The minimum Gasteiger partial charge on any atom is -0.367 e. The predicted molar refractivity (Wildman–Crippen MR) is 59.6 cm³/mol. The van der Waals surface area contributed by atoms with Gasteiger partial charge in [0.2, 0.25) is 0 Å². The van der Waals surface area contributed by atoms with Gasteiger partial charge in [0.1, 0.15) is 0 Å². The maximum Gasteiger partial charge on any atom is 0.252 e. The van der Waals surface area contributed by atoms with E-state index < -0.39 is 11.4 Å². The summed E-state index contributed by atoms with van der Waals surface area (Å²) in [6, 6.07) is 0. The average molecular weight is 237 g/mol. The molecule has 2 heterocycles. The number of nitrogens with two attached hydrogens (primary N) is 1. The predicted octanol–water partition coefficient (Wildman–Crippen LogP) is -0.787. The van der Waals surface area contributed by atoms with Crippen molar-refractivity contribution in [3.8, 4) is 0 Å². The molecule has 0 aliphatic carbocycles. The maximum absolute atomic E-state index is 12.1. The molecule has 7 heteroatoms. The van der Waals surface area contributed by atoms with E-state index in [1.807, 2.05) is 0 Å². The van der Waals surface area contributed by atoms with Crippen LogP contribution in [0.15, 0.2) is 12.4 Å². The van der Waals surface area contributed by atoms with Gasteiger partial charge < -0.3 is 5.73 Å². The van der Waals surface area contributed by atoms with Crippen molar-refractivity contribution >= 4 is 11.7 Å². The Bertz CT molecular complexity index is 430. The number of ketones is 1. The summed E-state index contributed by atoms with van der Waals surface area (Å²) in [5.41, 5.74) is 4.18. The van der Waals surface area contributed by atoms with Crippen molar-refractivity contribution in [3.05, 3.63) is 12.4 Å². The molecule has 1 atom stereocenters. The Hall–Kier alpha value is -1.92. The summed E-state index contributed by atoms with van der Waals surface area (Å²) < 4.78 is 0. The molecular weight excluding hydrogens is 222 g/mol. The van der Waals surface area contributed by atoms with E-state index in [0.29, 0.717) is 13.0 Å². The Labute approximate surface area is 98.5 Å². The van der Waals surface area contributed by atoms with E-state index in [0.717, 1.165) is 6.42 Å². The van der Waals surface area contributed by atoms with Crippen LogP contribution in [0, 0.1) is 0 Å². The van der Waals surface area contributed by atoms with Crippen LogP contribution < -0.4 is 10.7 Å². The molecule has 1 aliphatic rings. The summed E-state index contributed by atoms with van der Waals surface area (Å²) in [7, 11) is 0. The van der Waals surface area contributed by atoms with Crippen LogP contribution in [0.25, 0.3) is 0 Å². The number of carbonyl (C=O) groups is 2. The number of hydrogen-bond acceptors (Lipinski definition) is 5. The fourth-order valence-corrected chi connectivity index (χ4v) is 2.38. The minimum atomic E-state index is -1.26. The number of hydrogen-bond donors (Lipinski definition) is 1. The van der Waals surface area contributed by atoms with Gasteiger partial charge in [-0.05, 0) is 18.1 Å². The fraction of sp³-hybridized carbons (Fsp3) is 0.600. The van der Waals surface area contributed by atoms with Gasteiger partial charge in [-0.15, -0.1) is 5.10 Å². The first-order chi connectivity index (χ1) is 8.13. The zero-order chi connectivity index (χ0) is 12.5. The van der Waals surface area contributed by atoms with Crippen LogP contribution in [0.4, 0.5) is 0 Å². The second-order valence-electron chi connectivity index (χ2n) is 4.05. The molecule has 92 valence electrons. The van der Waals surface area contributed by atoms with Crippen molar-refractivity contribution in [1.82, 2.24) is 15.1 Å². The maximum atomic E-state index is 12.1. The van der Waals surface area contributed by atoms with Crippen molar-refractivity contribution in [2.75, 3.05) is 11.6 Å². The summed E-state index contributed by atoms with van der Waals surface area (Å²) >= 11 is 0. The van der Waals surface area contributed by atoms with E-state index in [9.17, 15) is 9.59 Å². The lowest BCUT2D eigenvalue weighted by molar-refractivity contribution is -0.134. The lowest BCUT2D eigenvalue weighted by atomic mass is 9.89. The van der Waals surface area contributed by atoms with Crippen LogP contribution in [-0.4, -0.2) is 38.9 Å². The number of primary amides is 1. The normalized spacial score (nSPS) is 23.9. The van der Waals surface area contributed by atoms with Crippen LogP contribution in [0.1, 0.15) is 26.2 Å². The third-order valence-electron chi connectivity index (χ3n) is 3.20. The molecular formula is C10H15N5O2. The molecule has 1 unspecified atom stereocenters. The van der Waals surface area contributed by atoms with Crippen molar-refractivity contribution in [1.29, 1.82) is 0 Å². The molecule has 0 saturated carbocycles. The van der Waals surface area contributed by atoms with Gasteiger partial charge in [-0.2, -0.15) is 4.79 Å². The van der Waals surface area contributed by atoms with Gasteiger partial charge in [0.05, 0.1) is 12.4 Å². The largest absolute Gasteiger partial charge is 0.367 e. The Balaban J connectivity index is 2.44. The quantitative estimate of drug-likeness (QED) is 0.693. The lowest BCUT2D eigenvalue weighted by Crippen LogP contribution is -2.63. The van der Waals surface area contributed by atoms with Crippen LogP contribution >= 0.6 is 0 Å². The summed E-state index contributed by atoms with van der Waals surface area (Å²) in [6.07, 6.45) is 4.55.